The van der Waals surface area contributed by atoms with Crippen LogP contribution < -0.4 is 0 Å². The molecule has 0 saturated heterocycles. The van der Waals surface area contributed by atoms with Gasteiger partial charge in [-0.15, -0.1) is 0 Å². The second-order valence-corrected chi connectivity index (χ2v) is 8.73. The van der Waals surface area contributed by atoms with Gasteiger partial charge in [-0.3, -0.25) is 14.4 Å². The van der Waals surface area contributed by atoms with Crippen LogP contribution in [0.25, 0.3) is 0 Å². The third-order valence-electron chi connectivity index (χ3n) is 5.72. The standard InChI is InChI=1S/C24H36O5/c1-18(11-12-22-19(2)10-8-13-23(22,5)6)9-7-14-24(17-25,29-21(4)27)15-16-28-20(3)26/h9-10,15-17,22H,7-8,11-14H2,1-6H3/b16-15+,18-9+/t22-,24-/m1/s1. The molecule has 0 saturated carbocycles. The molecule has 0 radical (unpaired) electrons. The Morgan fingerprint density at radius 3 is 2.48 bits per heavy atom. The first-order valence-electron chi connectivity index (χ1n) is 10.3. The molecule has 29 heavy (non-hydrogen) atoms. The van der Waals surface area contributed by atoms with Crippen LogP contribution in [0.5, 0.6) is 0 Å². The molecule has 0 bridgehead atoms. The Balaban J connectivity index is 2.72. The van der Waals surface area contributed by atoms with Crippen LogP contribution >= 0.6 is 0 Å². The smallest absolute Gasteiger partial charge is 0.307 e. The van der Waals surface area contributed by atoms with Crippen LogP contribution in [0.2, 0.25) is 0 Å². The number of rotatable bonds is 10. The van der Waals surface area contributed by atoms with E-state index < -0.39 is 17.5 Å². The summed E-state index contributed by atoms with van der Waals surface area (Å²) < 4.78 is 9.98. The number of allylic oxidation sites excluding steroid dienone is 4. The normalized spacial score (nSPS) is 21.2. The predicted molar refractivity (Wildman–Crippen MR) is 114 cm³/mol. The van der Waals surface area contributed by atoms with E-state index in [9.17, 15) is 14.4 Å². The molecule has 1 aliphatic carbocycles. The maximum atomic E-state index is 11.7. The molecule has 0 spiro atoms. The lowest BCUT2D eigenvalue weighted by Gasteiger charge is -2.38. The molecule has 0 aromatic heterocycles. The number of ether oxygens (including phenoxy) is 2. The summed E-state index contributed by atoms with van der Waals surface area (Å²) in [5.74, 6) is -0.483. The molecular weight excluding hydrogens is 368 g/mol. The van der Waals surface area contributed by atoms with Crippen molar-refractivity contribution in [3.8, 4) is 0 Å². The van der Waals surface area contributed by atoms with E-state index in [1.54, 1.807) is 0 Å². The highest BCUT2D eigenvalue weighted by molar-refractivity contribution is 5.75. The summed E-state index contributed by atoms with van der Waals surface area (Å²) in [7, 11) is 0. The molecule has 0 aliphatic heterocycles. The molecule has 1 aliphatic rings. The molecule has 0 heterocycles. The molecule has 0 aromatic rings. The zero-order chi connectivity index (χ0) is 22.1. The van der Waals surface area contributed by atoms with Gasteiger partial charge in [0.25, 0.3) is 0 Å². The van der Waals surface area contributed by atoms with Gasteiger partial charge in [-0.2, -0.15) is 0 Å². The minimum absolute atomic E-state index is 0.291. The quantitative estimate of drug-likeness (QED) is 0.209. The van der Waals surface area contributed by atoms with Crippen molar-refractivity contribution in [2.24, 2.45) is 11.3 Å². The average Bonchev–Trinajstić information content (AvgIpc) is 2.59. The third-order valence-corrected chi connectivity index (χ3v) is 5.72. The lowest BCUT2D eigenvalue weighted by atomic mass is 9.67. The lowest BCUT2D eigenvalue weighted by molar-refractivity contribution is -0.156. The molecule has 5 heteroatoms. The predicted octanol–water partition coefficient (Wildman–Crippen LogP) is 5.45. The number of hydrogen-bond acceptors (Lipinski definition) is 5. The molecule has 5 nitrogen and oxygen atoms in total. The van der Waals surface area contributed by atoms with E-state index >= 15 is 0 Å². The van der Waals surface area contributed by atoms with Crippen LogP contribution in [-0.2, 0) is 23.9 Å². The Labute approximate surface area is 175 Å². The van der Waals surface area contributed by atoms with Gasteiger partial charge < -0.3 is 9.47 Å². The van der Waals surface area contributed by atoms with Crippen LogP contribution in [0.4, 0.5) is 0 Å². The van der Waals surface area contributed by atoms with Crippen molar-refractivity contribution in [3.63, 3.8) is 0 Å². The number of hydrogen-bond donors (Lipinski definition) is 0. The largest absolute Gasteiger partial charge is 0.447 e. The summed E-state index contributed by atoms with van der Waals surface area (Å²) in [6.07, 6.45) is 12.8. The van der Waals surface area contributed by atoms with Crippen molar-refractivity contribution in [1.82, 2.24) is 0 Å². The van der Waals surface area contributed by atoms with Crippen molar-refractivity contribution in [3.05, 3.63) is 35.6 Å². The van der Waals surface area contributed by atoms with Crippen molar-refractivity contribution in [2.45, 2.75) is 85.7 Å². The molecule has 162 valence electrons. The van der Waals surface area contributed by atoms with E-state index in [-0.39, 0.29) is 0 Å². The number of carbonyl (C=O) groups excluding carboxylic acids is 3. The van der Waals surface area contributed by atoms with Crippen molar-refractivity contribution in [2.75, 3.05) is 0 Å². The summed E-state index contributed by atoms with van der Waals surface area (Å²) in [6, 6.07) is 0. The van der Waals surface area contributed by atoms with Gasteiger partial charge in [0.05, 0.1) is 6.26 Å². The van der Waals surface area contributed by atoms with E-state index in [4.69, 9.17) is 9.47 Å². The fraction of sp³-hybridized carbons (Fsp3) is 0.625. The van der Waals surface area contributed by atoms with E-state index in [1.165, 1.54) is 37.5 Å². The number of aldehydes is 1. The first-order valence-corrected chi connectivity index (χ1v) is 10.3. The molecule has 1 rings (SSSR count). The summed E-state index contributed by atoms with van der Waals surface area (Å²) in [5, 5.41) is 0. The Hall–Kier alpha value is -2.17. The van der Waals surface area contributed by atoms with Gasteiger partial charge >= 0.3 is 11.9 Å². The van der Waals surface area contributed by atoms with Gasteiger partial charge in [0.2, 0.25) is 0 Å². The van der Waals surface area contributed by atoms with Crippen molar-refractivity contribution < 1.29 is 23.9 Å². The summed E-state index contributed by atoms with van der Waals surface area (Å²) in [4.78, 5) is 34.0. The van der Waals surface area contributed by atoms with E-state index in [0.717, 1.165) is 25.5 Å². The fourth-order valence-corrected chi connectivity index (χ4v) is 4.04. The summed E-state index contributed by atoms with van der Waals surface area (Å²) >= 11 is 0. The summed E-state index contributed by atoms with van der Waals surface area (Å²) in [6.45, 7) is 11.5. The third kappa shape index (κ3) is 8.38. The Morgan fingerprint density at radius 2 is 1.93 bits per heavy atom. The van der Waals surface area contributed by atoms with E-state index in [0.29, 0.717) is 30.5 Å². The minimum atomic E-state index is -1.43. The first-order chi connectivity index (χ1) is 13.5. The van der Waals surface area contributed by atoms with Gasteiger partial charge in [-0.1, -0.05) is 37.1 Å². The van der Waals surface area contributed by atoms with Crippen molar-refractivity contribution >= 4 is 18.2 Å². The van der Waals surface area contributed by atoms with Gasteiger partial charge in [-0.25, -0.2) is 0 Å². The van der Waals surface area contributed by atoms with Crippen LogP contribution in [0.3, 0.4) is 0 Å². The second-order valence-electron chi connectivity index (χ2n) is 8.73. The number of carbonyl (C=O) groups is 3. The minimum Gasteiger partial charge on any atom is -0.447 e. The van der Waals surface area contributed by atoms with E-state index in [2.05, 4.69) is 39.8 Å². The molecule has 0 amide bonds. The van der Waals surface area contributed by atoms with Crippen LogP contribution in [0.1, 0.15) is 80.1 Å². The molecule has 0 fully saturated rings. The molecule has 0 aromatic carbocycles. The van der Waals surface area contributed by atoms with Gasteiger partial charge in [0.1, 0.15) is 0 Å². The Bertz CT molecular complexity index is 683. The maximum absolute atomic E-state index is 11.7. The highest BCUT2D eigenvalue weighted by Gasteiger charge is 2.32. The zero-order valence-electron chi connectivity index (χ0n) is 18.7. The van der Waals surface area contributed by atoms with E-state index in [1.807, 2.05) is 0 Å². The summed E-state index contributed by atoms with van der Waals surface area (Å²) in [5.41, 5.74) is 1.64. The second kappa shape index (κ2) is 11.1. The highest BCUT2D eigenvalue weighted by Crippen LogP contribution is 2.43. The Kier molecular flexibility index (Phi) is 9.54. The first kappa shape index (κ1) is 24.9. The average molecular weight is 405 g/mol. The highest BCUT2D eigenvalue weighted by atomic mass is 16.6. The molecule has 0 N–H and O–H groups in total. The molecular formula is C24H36O5. The lowest BCUT2D eigenvalue weighted by Crippen LogP contribution is -2.34. The SMILES string of the molecule is CC(=O)O/C=C/[C@@](C=O)(CC/C=C(\C)CC[C@@H]1C(C)=CCCC1(C)C)OC(C)=O. The van der Waals surface area contributed by atoms with Gasteiger partial charge in [0, 0.05) is 26.3 Å². The monoisotopic (exact) mass is 404 g/mol. The maximum Gasteiger partial charge on any atom is 0.307 e. The Morgan fingerprint density at radius 1 is 1.24 bits per heavy atom. The van der Waals surface area contributed by atoms with Crippen LogP contribution in [0.15, 0.2) is 35.6 Å². The van der Waals surface area contributed by atoms with Gasteiger partial charge in [0.15, 0.2) is 11.9 Å². The van der Waals surface area contributed by atoms with Gasteiger partial charge in [-0.05, 0) is 57.3 Å². The van der Waals surface area contributed by atoms with Crippen LogP contribution in [0, 0.1) is 11.3 Å². The van der Waals surface area contributed by atoms with Crippen molar-refractivity contribution in [1.29, 1.82) is 0 Å². The topological polar surface area (TPSA) is 69.7 Å². The molecule has 0 unspecified atom stereocenters. The zero-order valence-corrected chi connectivity index (χ0v) is 18.7. The van der Waals surface area contributed by atoms with Crippen LogP contribution in [-0.4, -0.2) is 23.8 Å². The molecule has 2 atom stereocenters. The fourth-order valence-electron chi connectivity index (χ4n) is 4.04. The number of esters is 2.